The highest BCUT2D eigenvalue weighted by Crippen LogP contribution is 2.16. The topological polar surface area (TPSA) is 79.0 Å². The quantitative estimate of drug-likeness (QED) is 0.723. The van der Waals surface area contributed by atoms with Crippen LogP contribution in [0, 0.1) is 0 Å². The molecule has 0 unspecified atom stereocenters. The summed E-state index contributed by atoms with van der Waals surface area (Å²) in [6.07, 6.45) is 0. The Morgan fingerprint density at radius 2 is 1.79 bits per heavy atom. The maximum Gasteiger partial charge on any atom is 0.340 e. The molecular weight excluding hydrogens is 310 g/mol. The summed E-state index contributed by atoms with van der Waals surface area (Å²) in [4.78, 5) is 39.2. The Bertz CT molecular complexity index is 587. The Hall–Kier alpha value is -2.41. The fourth-order valence-corrected chi connectivity index (χ4v) is 2.01. The number of nitrogens with zero attached hydrogens (tertiary/aromatic N) is 2. The average Bonchev–Trinajstić information content (AvgIpc) is 2.51. The van der Waals surface area contributed by atoms with Gasteiger partial charge in [-0.3, -0.25) is 9.59 Å². The number of rotatable bonds is 8. The molecule has 0 aliphatic heterocycles. The Morgan fingerprint density at radius 3 is 2.38 bits per heavy atom. The van der Waals surface area contributed by atoms with Gasteiger partial charge in [0.25, 0.3) is 0 Å². The third kappa shape index (κ3) is 6.37. The molecule has 0 spiro atoms. The van der Waals surface area contributed by atoms with Gasteiger partial charge in [0.1, 0.15) is 0 Å². The number of esters is 1. The number of carbonyl (C=O) groups excluding carboxylic acids is 3. The standard InChI is InChI=1S/C17H25N3O4/c1-5-24-17(23)14-8-6-7-9-15(14)18-16(22)12-20(13(2)21)11-10-19(3)4/h6-9H,5,10-12H2,1-4H3,(H,18,22). The fraction of sp³-hybridized carbons (Fsp3) is 0.471. The predicted octanol–water partition coefficient (Wildman–Crippen LogP) is 1.21. The van der Waals surface area contributed by atoms with Crippen LogP contribution in [0.25, 0.3) is 0 Å². The second kappa shape index (κ2) is 9.67. The van der Waals surface area contributed by atoms with Crippen molar-refractivity contribution in [3.8, 4) is 0 Å². The zero-order valence-corrected chi connectivity index (χ0v) is 14.7. The average molecular weight is 335 g/mol. The van der Waals surface area contributed by atoms with Crippen molar-refractivity contribution in [2.75, 3.05) is 45.7 Å². The molecule has 0 atom stereocenters. The van der Waals surface area contributed by atoms with Gasteiger partial charge < -0.3 is 19.9 Å². The number of hydrogen-bond acceptors (Lipinski definition) is 5. The molecule has 1 aromatic rings. The molecule has 1 rings (SSSR count). The molecule has 0 fully saturated rings. The van der Waals surface area contributed by atoms with E-state index in [4.69, 9.17) is 4.74 Å². The summed E-state index contributed by atoms with van der Waals surface area (Å²) >= 11 is 0. The monoisotopic (exact) mass is 335 g/mol. The Morgan fingerprint density at radius 1 is 1.12 bits per heavy atom. The number of nitrogens with one attached hydrogen (secondary N) is 1. The van der Waals surface area contributed by atoms with E-state index in [1.54, 1.807) is 31.2 Å². The highest BCUT2D eigenvalue weighted by molar-refractivity contribution is 6.02. The Labute approximate surface area is 142 Å². The minimum absolute atomic E-state index is 0.0691. The number of benzene rings is 1. The molecule has 0 saturated carbocycles. The second-order valence-electron chi connectivity index (χ2n) is 5.56. The maximum absolute atomic E-state index is 12.2. The zero-order chi connectivity index (χ0) is 18.1. The lowest BCUT2D eigenvalue weighted by atomic mass is 10.2. The summed E-state index contributed by atoms with van der Waals surface area (Å²) in [5.74, 6) is -1.03. The number of likely N-dealkylation sites (N-methyl/N-ethyl adjacent to an activating group) is 1. The molecule has 24 heavy (non-hydrogen) atoms. The van der Waals surface area contributed by atoms with E-state index < -0.39 is 5.97 Å². The highest BCUT2D eigenvalue weighted by Gasteiger charge is 2.17. The lowest BCUT2D eigenvalue weighted by molar-refractivity contribution is -0.132. The van der Waals surface area contributed by atoms with E-state index in [9.17, 15) is 14.4 Å². The second-order valence-corrected chi connectivity index (χ2v) is 5.56. The summed E-state index contributed by atoms with van der Waals surface area (Å²) < 4.78 is 4.97. The first-order chi connectivity index (χ1) is 11.3. The van der Waals surface area contributed by atoms with Crippen molar-refractivity contribution in [2.45, 2.75) is 13.8 Å². The molecule has 2 amide bonds. The van der Waals surface area contributed by atoms with Crippen LogP contribution in [0.5, 0.6) is 0 Å². The van der Waals surface area contributed by atoms with E-state index in [-0.39, 0.29) is 30.5 Å². The van der Waals surface area contributed by atoms with Crippen LogP contribution in [0.15, 0.2) is 24.3 Å². The molecule has 7 heteroatoms. The first-order valence-corrected chi connectivity index (χ1v) is 7.81. The zero-order valence-electron chi connectivity index (χ0n) is 14.7. The van der Waals surface area contributed by atoms with Crippen LogP contribution in [-0.2, 0) is 14.3 Å². The molecular formula is C17H25N3O4. The van der Waals surface area contributed by atoms with Crippen LogP contribution in [0.1, 0.15) is 24.2 Å². The first-order valence-electron chi connectivity index (χ1n) is 7.81. The van der Waals surface area contributed by atoms with Crippen molar-refractivity contribution >= 4 is 23.5 Å². The lowest BCUT2D eigenvalue weighted by Crippen LogP contribution is -2.40. The van der Waals surface area contributed by atoms with Gasteiger partial charge >= 0.3 is 5.97 Å². The molecule has 1 N–H and O–H groups in total. The van der Waals surface area contributed by atoms with Gasteiger partial charge in [-0.25, -0.2) is 4.79 Å². The van der Waals surface area contributed by atoms with Crippen molar-refractivity contribution in [2.24, 2.45) is 0 Å². The summed E-state index contributed by atoms with van der Waals surface area (Å²) in [5, 5.41) is 2.68. The van der Waals surface area contributed by atoms with E-state index in [0.717, 1.165) is 0 Å². The molecule has 0 saturated heterocycles. The summed E-state index contributed by atoms with van der Waals surface area (Å²) in [6.45, 7) is 4.44. The first kappa shape index (κ1) is 19.6. The van der Waals surface area contributed by atoms with Crippen molar-refractivity contribution in [1.29, 1.82) is 0 Å². The van der Waals surface area contributed by atoms with Gasteiger partial charge in [0.05, 0.1) is 24.4 Å². The van der Waals surface area contributed by atoms with Crippen LogP contribution in [0.3, 0.4) is 0 Å². The minimum atomic E-state index is -0.496. The number of carbonyl (C=O) groups is 3. The number of amides is 2. The maximum atomic E-state index is 12.2. The Balaban J connectivity index is 2.76. The number of para-hydroxylation sites is 1. The van der Waals surface area contributed by atoms with Crippen molar-refractivity contribution in [3.05, 3.63) is 29.8 Å². The summed E-state index contributed by atoms with van der Waals surface area (Å²) in [5.41, 5.74) is 0.660. The fourth-order valence-electron chi connectivity index (χ4n) is 2.01. The SMILES string of the molecule is CCOC(=O)c1ccccc1NC(=O)CN(CCN(C)C)C(C)=O. The van der Waals surface area contributed by atoms with E-state index >= 15 is 0 Å². The number of ether oxygens (including phenoxy) is 1. The largest absolute Gasteiger partial charge is 0.462 e. The van der Waals surface area contributed by atoms with Gasteiger partial charge in [-0.2, -0.15) is 0 Å². The van der Waals surface area contributed by atoms with Crippen molar-refractivity contribution < 1.29 is 19.1 Å². The normalized spacial score (nSPS) is 10.4. The molecule has 0 aliphatic carbocycles. The molecule has 0 aromatic heterocycles. The van der Waals surface area contributed by atoms with Crippen molar-refractivity contribution in [1.82, 2.24) is 9.80 Å². The van der Waals surface area contributed by atoms with Gasteiger partial charge in [0.15, 0.2) is 0 Å². The third-order valence-electron chi connectivity index (χ3n) is 3.29. The molecule has 0 bridgehead atoms. The van der Waals surface area contributed by atoms with Crippen LogP contribution >= 0.6 is 0 Å². The van der Waals surface area contributed by atoms with Gasteiger partial charge in [-0.1, -0.05) is 12.1 Å². The van der Waals surface area contributed by atoms with E-state index in [1.807, 2.05) is 19.0 Å². The predicted molar refractivity (Wildman–Crippen MR) is 91.8 cm³/mol. The minimum Gasteiger partial charge on any atom is -0.462 e. The summed E-state index contributed by atoms with van der Waals surface area (Å²) in [7, 11) is 3.79. The number of anilines is 1. The Kier molecular flexibility index (Phi) is 7.91. The molecule has 0 radical (unpaired) electrons. The van der Waals surface area contributed by atoms with Crippen molar-refractivity contribution in [3.63, 3.8) is 0 Å². The van der Waals surface area contributed by atoms with E-state index in [2.05, 4.69) is 5.32 Å². The molecule has 132 valence electrons. The molecule has 0 heterocycles. The van der Waals surface area contributed by atoms with Gasteiger partial charge in [-0.05, 0) is 33.2 Å². The molecule has 1 aromatic carbocycles. The summed E-state index contributed by atoms with van der Waals surface area (Å²) in [6, 6.07) is 6.62. The van der Waals surface area contributed by atoms with Gasteiger partial charge in [0.2, 0.25) is 11.8 Å². The van der Waals surface area contributed by atoms with Crippen LogP contribution in [0.4, 0.5) is 5.69 Å². The van der Waals surface area contributed by atoms with Crippen LogP contribution < -0.4 is 5.32 Å². The molecule has 7 nitrogen and oxygen atoms in total. The third-order valence-corrected chi connectivity index (χ3v) is 3.29. The van der Waals surface area contributed by atoms with Crippen LogP contribution in [0.2, 0.25) is 0 Å². The lowest BCUT2D eigenvalue weighted by Gasteiger charge is -2.22. The van der Waals surface area contributed by atoms with Crippen LogP contribution in [-0.4, -0.2) is 67.9 Å². The van der Waals surface area contributed by atoms with E-state index in [1.165, 1.54) is 11.8 Å². The smallest absolute Gasteiger partial charge is 0.340 e. The number of hydrogen-bond donors (Lipinski definition) is 1. The highest BCUT2D eigenvalue weighted by atomic mass is 16.5. The van der Waals surface area contributed by atoms with Gasteiger partial charge in [-0.15, -0.1) is 0 Å². The van der Waals surface area contributed by atoms with Gasteiger partial charge in [0, 0.05) is 20.0 Å². The van der Waals surface area contributed by atoms with E-state index in [0.29, 0.717) is 18.8 Å². The molecule has 0 aliphatic rings.